The molecule has 0 bridgehead atoms. The van der Waals surface area contributed by atoms with E-state index in [9.17, 15) is 14.7 Å². The highest BCUT2D eigenvalue weighted by molar-refractivity contribution is 6.31. The van der Waals surface area contributed by atoms with Crippen LogP contribution in [0.2, 0.25) is 5.02 Å². The summed E-state index contributed by atoms with van der Waals surface area (Å²) in [6.07, 6.45) is 0.895. The smallest absolute Gasteiger partial charge is 0.320 e. The maximum Gasteiger partial charge on any atom is 0.320 e. The molecule has 0 saturated heterocycles. The molecule has 0 spiro atoms. The molecule has 128 valence electrons. The second-order valence-corrected chi connectivity index (χ2v) is 5.73. The van der Waals surface area contributed by atoms with Gasteiger partial charge >= 0.3 is 5.97 Å². The predicted octanol–water partition coefficient (Wildman–Crippen LogP) is 2.77. The Labute approximate surface area is 141 Å². The molecule has 0 heterocycles. The van der Waals surface area contributed by atoms with Gasteiger partial charge in [-0.15, -0.1) is 0 Å². The van der Waals surface area contributed by atoms with E-state index >= 15 is 0 Å². The minimum atomic E-state index is -0.906. The number of carbonyl (C=O) groups is 2. The molecular weight excluding hydrogens is 320 g/mol. The lowest BCUT2D eigenvalue weighted by atomic mass is 9.99. The van der Waals surface area contributed by atoms with E-state index in [0.717, 1.165) is 6.42 Å². The van der Waals surface area contributed by atoms with Crippen molar-refractivity contribution in [1.82, 2.24) is 5.32 Å². The minimum Gasteiger partial charge on any atom is -0.495 e. The lowest BCUT2D eigenvalue weighted by molar-refractivity contribution is -0.141. The number of benzene rings is 1. The summed E-state index contributed by atoms with van der Waals surface area (Å²) in [6.45, 7) is 4.07. The van der Waals surface area contributed by atoms with Crippen LogP contribution >= 0.6 is 11.6 Å². The quantitative estimate of drug-likeness (QED) is 0.642. The van der Waals surface area contributed by atoms with Crippen molar-refractivity contribution in [1.29, 1.82) is 0 Å². The monoisotopic (exact) mass is 342 g/mol. The zero-order valence-electron chi connectivity index (χ0n) is 13.6. The van der Waals surface area contributed by atoms with Gasteiger partial charge in [-0.05, 0) is 24.1 Å². The first-order valence-electron chi connectivity index (χ1n) is 7.48. The summed E-state index contributed by atoms with van der Waals surface area (Å²) in [6, 6.07) is 4.28. The molecule has 0 radical (unpaired) electrons. The van der Waals surface area contributed by atoms with Crippen LogP contribution in [-0.2, 0) is 9.59 Å². The standard InChI is InChI=1S/C16H23ClN2O4/c1-4-10(2)15(16(21)22)18-8-7-14(20)19-12-9-11(17)5-6-13(12)23-3/h5-6,9-10,15,18H,4,7-8H2,1-3H3,(H,19,20)(H,21,22)/t10-,15-/m0/s1. The predicted molar refractivity (Wildman–Crippen MR) is 90.1 cm³/mol. The van der Waals surface area contributed by atoms with Crippen molar-refractivity contribution in [3.05, 3.63) is 23.2 Å². The number of anilines is 1. The largest absolute Gasteiger partial charge is 0.495 e. The number of hydrogen-bond donors (Lipinski definition) is 3. The fraction of sp³-hybridized carbons (Fsp3) is 0.500. The Morgan fingerprint density at radius 2 is 2.09 bits per heavy atom. The molecule has 0 saturated carbocycles. The molecule has 1 aromatic carbocycles. The summed E-state index contributed by atoms with van der Waals surface area (Å²) in [5, 5.41) is 15.3. The SMILES string of the molecule is CC[C@H](C)[C@H](NCCC(=O)Nc1cc(Cl)ccc1OC)C(=O)O. The lowest BCUT2D eigenvalue weighted by Crippen LogP contribution is -2.42. The average molecular weight is 343 g/mol. The molecule has 0 aromatic heterocycles. The Morgan fingerprint density at radius 3 is 2.65 bits per heavy atom. The molecule has 7 heteroatoms. The van der Waals surface area contributed by atoms with E-state index < -0.39 is 12.0 Å². The van der Waals surface area contributed by atoms with Gasteiger partial charge in [-0.1, -0.05) is 31.9 Å². The third-order valence-electron chi connectivity index (χ3n) is 3.63. The number of carbonyl (C=O) groups excluding carboxylic acids is 1. The van der Waals surface area contributed by atoms with E-state index in [4.69, 9.17) is 16.3 Å². The van der Waals surface area contributed by atoms with Crippen LogP contribution in [0.3, 0.4) is 0 Å². The van der Waals surface area contributed by atoms with Gasteiger partial charge in [0.1, 0.15) is 11.8 Å². The topological polar surface area (TPSA) is 87.7 Å². The van der Waals surface area contributed by atoms with Crippen molar-refractivity contribution < 1.29 is 19.4 Å². The van der Waals surface area contributed by atoms with Crippen LogP contribution < -0.4 is 15.4 Å². The van der Waals surface area contributed by atoms with Crippen molar-refractivity contribution >= 4 is 29.2 Å². The summed E-state index contributed by atoms with van der Waals surface area (Å²) in [7, 11) is 1.50. The summed E-state index contributed by atoms with van der Waals surface area (Å²) < 4.78 is 5.15. The third kappa shape index (κ3) is 6.08. The Hall–Kier alpha value is -1.79. The van der Waals surface area contributed by atoms with Gasteiger partial charge in [-0.3, -0.25) is 9.59 Å². The normalized spacial score (nSPS) is 13.2. The Morgan fingerprint density at radius 1 is 1.39 bits per heavy atom. The van der Waals surface area contributed by atoms with Gasteiger partial charge in [0.15, 0.2) is 0 Å². The van der Waals surface area contributed by atoms with E-state index in [0.29, 0.717) is 16.5 Å². The number of hydrogen-bond acceptors (Lipinski definition) is 4. The first kappa shape index (κ1) is 19.3. The number of halogens is 1. The highest BCUT2D eigenvalue weighted by atomic mass is 35.5. The van der Waals surface area contributed by atoms with Gasteiger partial charge < -0.3 is 20.5 Å². The zero-order chi connectivity index (χ0) is 17.4. The third-order valence-corrected chi connectivity index (χ3v) is 3.87. The molecular formula is C16H23ClN2O4. The number of nitrogens with one attached hydrogen (secondary N) is 2. The molecule has 0 aliphatic carbocycles. The molecule has 3 N–H and O–H groups in total. The number of amides is 1. The van der Waals surface area contributed by atoms with E-state index in [1.54, 1.807) is 18.2 Å². The maximum absolute atomic E-state index is 12.0. The summed E-state index contributed by atoms with van der Waals surface area (Å²) in [5.74, 6) is -0.648. The summed E-state index contributed by atoms with van der Waals surface area (Å²) in [4.78, 5) is 23.2. The van der Waals surface area contributed by atoms with Crippen molar-refractivity contribution in [2.45, 2.75) is 32.7 Å². The number of methoxy groups -OCH3 is 1. The molecule has 0 fully saturated rings. The van der Waals surface area contributed by atoms with Crippen molar-refractivity contribution in [3.63, 3.8) is 0 Å². The maximum atomic E-state index is 12.0. The average Bonchev–Trinajstić information content (AvgIpc) is 2.50. The molecule has 1 aromatic rings. The van der Waals surface area contributed by atoms with E-state index in [-0.39, 0.29) is 24.8 Å². The zero-order valence-corrected chi connectivity index (χ0v) is 14.3. The first-order chi connectivity index (χ1) is 10.9. The molecule has 6 nitrogen and oxygen atoms in total. The second kappa shape index (κ2) is 9.37. The first-order valence-corrected chi connectivity index (χ1v) is 7.86. The second-order valence-electron chi connectivity index (χ2n) is 5.30. The Kier molecular flexibility index (Phi) is 7.85. The van der Waals surface area contributed by atoms with Gasteiger partial charge in [0.2, 0.25) is 5.91 Å². The van der Waals surface area contributed by atoms with Gasteiger partial charge in [-0.25, -0.2) is 0 Å². The number of carboxylic acid groups (broad SMARTS) is 1. The molecule has 23 heavy (non-hydrogen) atoms. The molecule has 2 atom stereocenters. The fourth-order valence-electron chi connectivity index (χ4n) is 2.10. The van der Waals surface area contributed by atoms with E-state index in [1.807, 2.05) is 13.8 Å². The van der Waals surface area contributed by atoms with Gasteiger partial charge in [0.05, 0.1) is 12.8 Å². The minimum absolute atomic E-state index is 0.0106. The van der Waals surface area contributed by atoms with Crippen LogP contribution in [0.1, 0.15) is 26.7 Å². The number of rotatable bonds is 9. The summed E-state index contributed by atoms with van der Waals surface area (Å²) in [5.41, 5.74) is 0.488. The van der Waals surface area contributed by atoms with Crippen LogP contribution in [-0.4, -0.2) is 36.7 Å². The Bertz CT molecular complexity index is 551. The molecule has 1 amide bonds. The van der Waals surface area contributed by atoms with Crippen LogP contribution in [0.5, 0.6) is 5.75 Å². The van der Waals surface area contributed by atoms with Gasteiger partial charge in [0.25, 0.3) is 0 Å². The van der Waals surface area contributed by atoms with Crippen LogP contribution in [0, 0.1) is 5.92 Å². The van der Waals surface area contributed by atoms with Gasteiger partial charge in [0, 0.05) is 18.0 Å². The van der Waals surface area contributed by atoms with E-state index in [2.05, 4.69) is 10.6 Å². The molecule has 0 aliphatic heterocycles. The van der Waals surface area contributed by atoms with Crippen molar-refractivity contribution in [2.24, 2.45) is 5.92 Å². The van der Waals surface area contributed by atoms with Crippen molar-refractivity contribution in [2.75, 3.05) is 19.0 Å². The summed E-state index contributed by atoms with van der Waals surface area (Å²) >= 11 is 5.90. The van der Waals surface area contributed by atoms with Crippen molar-refractivity contribution in [3.8, 4) is 5.75 Å². The van der Waals surface area contributed by atoms with Crippen LogP contribution in [0.25, 0.3) is 0 Å². The van der Waals surface area contributed by atoms with E-state index in [1.165, 1.54) is 7.11 Å². The molecule has 1 rings (SSSR count). The highest BCUT2D eigenvalue weighted by Gasteiger charge is 2.22. The van der Waals surface area contributed by atoms with Crippen LogP contribution in [0.4, 0.5) is 5.69 Å². The number of carboxylic acids is 1. The molecule has 0 unspecified atom stereocenters. The van der Waals surface area contributed by atoms with Gasteiger partial charge in [-0.2, -0.15) is 0 Å². The molecule has 0 aliphatic rings. The number of aliphatic carboxylic acids is 1. The van der Waals surface area contributed by atoms with Crippen LogP contribution in [0.15, 0.2) is 18.2 Å². The lowest BCUT2D eigenvalue weighted by Gasteiger charge is -2.20. The Balaban J connectivity index is 2.54. The number of ether oxygens (including phenoxy) is 1. The highest BCUT2D eigenvalue weighted by Crippen LogP contribution is 2.27. The fourth-order valence-corrected chi connectivity index (χ4v) is 2.27.